The van der Waals surface area contributed by atoms with E-state index in [-0.39, 0.29) is 17.7 Å². The van der Waals surface area contributed by atoms with Crippen LogP contribution < -0.4 is 15.5 Å². The lowest BCUT2D eigenvalue weighted by Crippen LogP contribution is -2.47. The monoisotopic (exact) mass is 484 g/mol. The summed E-state index contributed by atoms with van der Waals surface area (Å²) in [6.45, 7) is 8.26. The first-order chi connectivity index (χ1) is 16.4. The first-order valence-corrected chi connectivity index (χ1v) is 13.4. The second-order valence-corrected chi connectivity index (χ2v) is 10.5. The zero-order valence-electron chi connectivity index (χ0n) is 20.6. The molecule has 4 atom stereocenters. The molecule has 0 radical (unpaired) electrons. The molecule has 8 nitrogen and oxygen atoms in total. The summed E-state index contributed by atoms with van der Waals surface area (Å²) in [6, 6.07) is 7.94. The number of carbonyl (C=O) groups is 2. The molecule has 34 heavy (non-hydrogen) atoms. The molecule has 2 N–H and O–H groups in total. The topological polar surface area (TPSA) is 92.2 Å². The highest BCUT2D eigenvalue weighted by Crippen LogP contribution is 2.49. The van der Waals surface area contributed by atoms with E-state index >= 15 is 0 Å². The maximum atomic E-state index is 12.3. The van der Waals surface area contributed by atoms with Crippen molar-refractivity contribution in [2.45, 2.75) is 57.7 Å². The number of hydrogen-bond acceptors (Lipinski definition) is 6. The lowest BCUT2D eigenvalue weighted by molar-refractivity contribution is -0.117. The second-order valence-electron chi connectivity index (χ2n) is 9.52. The molecule has 2 fully saturated rings. The van der Waals surface area contributed by atoms with Gasteiger partial charge in [0.15, 0.2) is 11.0 Å². The second kappa shape index (κ2) is 10.8. The lowest BCUT2D eigenvalue weighted by atomic mass is 9.84. The van der Waals surface area contributed by atoms with E-state index in [4.69, 9.17) is 0 Å². The molecule has 0 saturated heterocycles. The summed E-state index contributed by atoms with van der Waals surface area (Å²) in [5, 5.41) is 14.6. The third-order valence-electron chi connectivity index (χ3n) is 7.47. The summed E-state index contributed by atoms with van der Waals surface area (Å²) in [4.78, 5) is 27.0. The standard InChI is InChI=1S/C25H36N6O2S/c1-5-31(6-2)20-11-9-18(10-12-20)23-28-29-25(30(23)4)34-15-22(32)27-24(33)26-16(3)21-14-17-7-8-19(21)13-17/h9-12,16-17,19,21H,5-8,13-15H2,1-4H3,(H2,26,27,32,33). The van der Waals surface area contributed by atoms with Gasteiger partial charge in [0.2, 0.25) is 5.91 Å². The predicted octanol–water partition coefficient (Wildman–Crippen LogP) is 4.07. The molecule has 4 rings (SSSR count). The van der Waals surface area contributed by atoms with Crippen LogP contribution in [0.2, 0.25) is 0 Å². The minimum atomic E-state index is -0.409. The van der Waals surface area contributed by atoms with Crippen molar-refractivity contribution in [3.8, 4) is 11.4 Å². The Labute approximate surface area is 206 Å². The number of nitrogens with one attached hydrogen (secondary N) is 2. The van der Waals surface area contributed by atoms with Gasteiger partial charge in [-0.3, -0.25) is 10.1 Å². The van der Waals surface area contributed by atoms with Crippen LogP contribution in [-0.2, 0) is 11.8 Å². The number of thioether (sulfide) groups is 1. The molecule has 1 heterocycles. The van der Waals surface area contributed by atoms with Crippen LogP contribution in [0, 0.1) is 17.8 Å². The Kier molecular flexibility index (Phi) is 7.80. The largest absolute Gasteiger partial charge is 0.372 e. The third kappa shape index (κ3) is 5.40. The SMILES string of the molecule is CCN(CC)c1ccc(-c2nnc(SCC(=O)NC(=O)NC(C)C3CC4CCC3C4)n2C)cc1. The number of benzene rings is 1. The summed E-state index contributed by atoms with van der Waals surface area (Å²) in [6.07, 6.45) is 5.11. The number of carbonyl (C=O) groups excluding carboxylic acids is 2. The molecular formula is C25H36N6O2S. The number of rotatable bonds is 9. The highest BCUT2D eigenvalue weighted by molar-refractivity contribution is 7.99. The highest BCUT2D eigenvalue weighted by Gasteiger charge is 2.42. The summed E-state index contributed by atoms with van der Waals surface area (Å²) in [7, 11) is 1.89. The molecule has 2 bridgehead atoms. The van der Waals surface area contributed by atoms with Gasteiger partial charge >= 0.3 is 6.03 Å². The fourth-order valence-corrected chi connectivity index (χ4v) is 6.36. The zero-order chi connectivity index (χ0) is 24.2. The smallest absolute Gasteiger partial charge is 0.321 e. The predicted molar refractivity (Wildman–Crippen MR) is 136 cm³/mol. The molecule has 0 aliphatic heterocycles. The van der Waals surface area contributed by atoms with Crippen molar-refractivity contribution in [1.29, 1.82) is 0 Å². The van der Waals surface area contributed by atoms with Gasteiger partial charge < -0.3 is 14.8 Å². The summed E-state index contributed by atoms with van der Waals surface area (Å²) in [5.41, 5.74) is 2.14. The quantitative estimate of drug-likeness (QED) is 0.521. The molecule has 4 unspecified atom stereocenters. The molecule has 1 aromatic heterocycles. The van der Waals surface area contributed by atoms with Gasteiger partial charge in [0.05, 0.1) is 5.75 Å². The Bertz CT molecular complexity index is 1000. The van der Waals surface area contributed by atoms with Gasteiger partial charge in [-0.15, -0.1) is 10.2 Å². The van der Waals surface area contributed by atoms with Gasteiger partial charge in [-0.25, -0.2) is 4.79 Å². The van der Waals surface area contributed by atoms with E-state index in [1.807, 2.05) is 23.7 Å². The van der Waals surface area contributed by atoms with Crippen LogP contribution in [0.25, 0.3) is 11.4 Å². The number of hydrogen-bond donors (Lipinski definition) is 2. The van der Waals surface area contributed by atoms with Crippen molar-refractivity contribution in [3.05, 3.63) is 24.3 Å². The Balaban J connectivity index is 1.27. The van der Waals surface area contributed by atoms with Crippen molar-refractivity contribution in [1.82, 2.24) is 25.4 Å². The molecule has 9 heteroatoms. The van der Waals surface area contributed by atoms with E-state index in [0.717, 1.165) is 36.3 Å². The van der Waals surface area contributed by atoms with E-state index < -0.39 is 6.03 Å². The molecule has 1 aromatic carbocycles. The number of anilines is 1. The van der Waals surface area contributed by atoms with Crippen LogP contribution in [0.1, 0.15) is 46.5 Å². The Morgan fingerprint density at radius 3 is 2.50 bits per heavy atom. The Hall–Kier alpha value is -2.55. The van der Waals surface area contributed by atoms with Crippen molar-refractivity contribution in [2.24, 2.45) is 24.8 Å². The number of amides is 3. The van der Waals surface area contributed by atoms with E-state index in [2.05, 4.69) is 58.6 Å². The molecule has 2 aliphatic carbocycles. The number of nitrogens with zero attached hydrogens (tertiary/aromatic N) is 4. The van der Waals surface area contributed by atoms with Crippen molar-refractivity contribution >= 4 is 29.4 Å². The van der Waals surface area contributed by atoms with Crippen LogP contribution in [0.5, 0.6) is 0 Å². The van der Waals surface area contributed by atoms with Gasteiger partial charge in [0.1, 0.15) is 0 Å². The van der Waals surface area contributed by atoms with Gasteiger partial charge in [0, 0.05) is 37.4 Å². The highest BCUT2D eigenvalue weighted by atomic mass is 32.2. The van der Waals surface area contributed by atoms with Gasteiger partial charge in [0.25, 0.3) is 0 Å². The average molecular weight is 485 g/mol. The van der Waals surface area contributed by atoms with Crippen molar-refractivity contribution in [3.63, 3.8) is 0 Å². The average Bonchev–Trinajstić information content (AvgIpc) is 3.55. The summed E-state index contributed by atoms with van der Waals surface area (Å²) >= 11 is 1.27. The van der Waals surface area contributed by atoms with Crippen LogP contribution in [0.15, 0.2) is 29.4 Å². The van der Waals surface area contributed by atoms with Gasteiger partial charge in [-0.2, -0.15) is 0 Å². The van der Waals surface area contributed by atoms with Gasteiger partial charge in [-0.1, -0.05) is 18.2 Å². The number of fused-ring (bicyclic) bond motifs is 2. The molecule has 2 aromatic rings. The Morgan fingerprint density at radius 1 is 1.15 bits per heavy atom. The zero-order valence-corrected chi connectivity index (χ0v) is 21.4. The number of urea groups is 1. The normalized spacial score (nSPS) is 21.9. The van der Waals surface area contributed by atoms with Crippen LogP contribution in [0.4, 0.5) is 10.5 Å². The fourth-order valence-electron chi connectivity index (χ4n) is 5.65. The number of imide groups is 1. The minimum Gasteiger partial charge on any atom is -0.372 e. The summed E-state index contributed by atoms with van der Waals surface area (Å²) in [5.74, 6) is 2.60. The molecule has 184 valence electrons. The van der Waals surface area contributed by atoms with Crippen LogP contribution in [0.3, 0.4) is 0 Å². The van der Waals surface area contributed by atoms with Crippen LogP contribution >= 0.6 is 11.8 Å². The maximum Gasteiger partial charge on any atom is 0.321 e. The van der Waals surface area contributed by atoms with E-state index in [1.54, 1.807) is 0 Å². The molecule has 0 spiro atoms. The van der Waals surface area contributed by atoms with Crippen molar-refractivity contribution in [2.75, 3.05) is 23.7 Å². The Morgan fingerprint density at radius 2 is 1.88 bits per heavy atom. The van der Waals surface area contributed by atoms with E-state index in [0.29, 0.717) is 11.1 Å². The van der Waals surface area contributed by atoms with Crippen molar-refractivity contribution < 1.29 is 9.59 Å². The molecule has 2 aliphatic rings. The minimum absolute atomic E-state index is 0.0881. The molecule has 3 amide bonds. The number of aromatic nitrogens is 3. The lowest BCUT2D eigenvalue weighted by Gasteiger charge is -2.28. The molecular weight excluding hydrogens is 448 g/mol. The van der Waals surface area contributed by atoms with Gasteiger partial charge in [-0.05, 0) is 82.1 Å². The van der Waals surface area contributed by atoms with Crippen LogP contribution in [-0.4, -0.2) is 51.6 Å². The fraction of sp³-hybridized carbons (Fsp3) is 0.600. The maximum absolute atomic E-state index is 12.3. The molecule has 2 saturated carbocycles. The first kappa shape index (κ1) is 24.6. The third-order valence-corrected chi connectivity index (χ3v) is 8.49. The van der Waals surface area contributed by atoms with E-state index in [1.165, 1.54) is 43.1 Å². The first-order valence-electron chi connectivity index (χ1n) is 12.4. The van der Waals surface area contributed by atoms with E-state index in [9.17, 15) is 9.59 Å². The summed E-state index contributed by atoms with van der Waals surface area (Å²) < 4.78 is 1.88.